The second-order valence-electron chi connectivity index (χ2n) is 6.76. The summed E-state index contributed by atoms with van der Waals surface area (Å²) in [6.07, 6.45) is 3.43. The van der Waals surface area contributed by atoms with Gasteiger partial charge in [-0.2, -0.15) is 5.26 Å². The van der Waals surface area contributed by atoms with Gasteiger partial charge in [-0.3, -0.25) is 0 Å². The van der Waals surface area contributed by atoms with E-state index in [1.807, 2.05) is 42.5 Å². The summed E-state index contributed by atoms with van der Waals surface area (Å²) in [4.78, 5) is 8.83. The molecule has 7 nitrogen and oxygen atoms in total. The van der Waals surface area contributed by atoms with E-state index in [2.05, 4.69) is 21.4 Å². The molecule has 0 radical (unpaired) electrons. The van der Waals surface area contributed by atoms with Crippen molar-refractivity contribution in [3.8, 4) is 23.1 Å². The van der Waals surface area contributed by atoms with Crippen LogP contribution in [-0.2, 0) is 4.74 Å². The lowest BCUT2D eigenvalue weighted by Crippen LogP contribution is -2.26. The van der Waals surface area contributed by atoms with Crippen molar-refractivity contribution in [2.75, 3.05) is 24.3 Å². The minimum absolute atomic E-state index is 0.0801. The molecule has 1 fully saturated rings. The molecule has 2 heterocycles. The number of hydrogen-bond donors (Lipinski definition) is 2. The van der Waals surface area contributed by atoms with Crippen LogP contribution in [0.1, 0.15) is 18.4 Å². The topological polar surface area (TPSA) is 106 Å². The molecule has 1 aliphatic heterocycles. The highest BCUT2D eigenvalue weighted by Crippen LogP contribution is 2.28. The highest BCUT2D eigenvalue weighted by molar-refractivity contribution is 5.66. The lowest BCUT2D eigenvalue weighted by Gasteiger charge is -2.23. The van der Waals surface area contributed by atoms with Gasteiger partial charge in [0.1, 0.15) is 17.9 Å². The fourth-order valence-corrected chi connectivity index (χ4v) is 3.13. The Bertz CT molecular complexity index is 1020. The normalized spacial score (nSPS) is 14.2. The lowest BCUT2D eigenvalue weighted by molar-refractivity contribution is 0.0254. The minimum Gasteiger partial charge on any atom is -0.489 e. The van der Waals surface area contributed by atoms with Gasteiger partial charge in [-0.15, -0.1) is 0 Å². The molecule has 0 bridgehead atoms. The number of aromatic nitrogens is 2. The van der Waals surface area contributed by atoms with Crippen molar-refractivity contribution in [3.05, 3.63) is 60.3 Å². The summed E-state index contributed by atoms with van der Waals surface area (Å²) in [6.45, 7) is 1.38. The Hall–Kier alpha value is -3.63. The first-order chi connectivity index (χ1) is 14.2. The molecule has 0 unspecified atom stereocenters. The van der Waals surface area contributed by atoms with Crippen LogP contribution in [0.5, 0.6) is 5.75 Å². The third-order valence-electron chi connectivity index (χ3n) is 4.68. The molecule has 0 amide bonds. The molecule has 1 aromatic heterocycles. The molecule has 4 rings (SSSR count). The summed E-state index contributed by atoms with van der Waals surface area (Å²) >= 11 is 0. The molecule has 1 aliphatic rings. The van der Waals surface area contributed by atoms with Gasteiger partial charge in [0.25, 0.3) is 0 Å². The maximum atomic E-state index is 9.58. The molecular formula is C22H21N5O2. The van der Waals surface area contributed by atoms with Gasteiger partial charge in [0.2, 0.25) is 5.95 Å². The Morgan fingerprint density at radius 1 is 1.10 bits per heavy atom. The van der Waals surface area contributed by atoms with Crippen molar-refractivity contribution < 1.29 is 9.47 Å². The first kappa shape index (κ1) is 18.7. The first-order valence-corrected chi connectivity index (χ1v) is 9.46. The van der Waals surface area contributed by atoms with Gasteiger partial charge in [-0.1, -0.05) is 0 Å². The maximum absolute atomic E-state index is 9.58. The van der Waals surface area contributed by atoms with Gasteiger partial charge in [-0.25, -0.2) is 9.97 Å². The Morgan fingerprint density at radius 3 is 2.66 bits per heavy atom. The average Bonchev–Trinajstić information content (AvgIpc) is 2.76. The minimum atomic E-state index is 0.0801. The van der Waals surface area contributed by atoms with E-state index >= 15 is 0 Å². The zero-order valence-electron chi connectivity index (χ0n) is 15.8. The number of rotatable bonds is 5. The average molecular weight is 387 g/mol. The third-order valence-corrected chi connectivity index (χ3v) is 4.68. The SMILES string of the molecule is N#Cc1cc(-c2ccnc(Nc3ccc(N)cc3)n2)ccc1OC1CCOCC1. The highest BCUT2D eigenvalue weighted by atomic mass is 16.5. The van der Waals surface area contributed by atoms with Gasteiger partial charge in [-0.05, 0) is 48.5 Å². The monoisotopic (exact) mass is 387 g/mol. The van der Waals surface area contributed by atoms with Crippen molar-refractivity contribution >= 4 is 17.3 Å². The molecule has 0 saturated carbocycles. The van der Waals surface area contributed by atoms with Gasteiger partial charge in [0, 0.05) is 36.0 Å². The molecule has 0 atom stereocenters. The molecule has 7 heteroatoms. The first-order valence-electron chi connectivity index (χ1n) is 9.46. The quantitative estimate of drug-likeness (QED) is 0.640. The van der Waals surface area contributed by atoms with Crippen LogP contribution in [0.4, 0.5) is 17.3 Å². The van der Waals surface area contributed by atoms with E-state index in [0.717, 1.165) is 24.1 Å². The predicted octanol–water partition coefficient (Wildman–Crippen LogP) is 3.90. The lowest BCUT2D eigenvalue weighted by atomic mass is 10.1. The van der Waals surface area contributed by atoms with Crippen LogP contribution < -0.4 is 15.8 Å². The number of ether oxygens (including phenoxy) is 2. The Kier molecular flexibility index (Phi) is 5.54. The summed E-state index contributed by atoms with van der Waals surface area (Å²) in [5, 5.41) is 12.7. The van der Waals surface area contributed by atoms with Crippen LogP contribution >= 0.6 is 0 Å². The van der Waals surface area contributed by atoms with Crippen molar-refractivity contribution in [1.82, 2.24) is 9.97 Å². The zero-order valence-corrected chi connectivity index (χ0v) is 15.8. The van der Waals surface area contributed by atoms with Crippen LogP contribution in [0.15, 0.2) is 54.7 Å². The summed E-state index contributed by atoms with van der Waals surface area (Å²) in [6, 6.07) is 16.9. The second-order valence-corrected chi connectivity index (χ2v) is 6.76. The van der Waals surface area contributed by atoms with E-state index in [0.29, 0.717) is 41.9 Å². The van der Waals surface area contributed by atoms with Crippen LogP contribution in [0.25, 0.3) is 11.3 Å². The summed E-state index contributed by atoms with van der Waals surface area (Å²) in [7, 11) is 0. The second kappa shape index (κ2) is 8.59. The van der Waals surface area contributed by atoms with Gasteiger partial charge in [0.15, 0.2) is 0 Å². The number of nitriles is 1. The molecule has 1 saturated heterocycles. The number of nitrogens with one attached hydrogen (secondary N) is 1. The fourth-order valence-electron chi connectivity index (χ4n) is 3.13. The smallest absolute Gasteiger partial charge is 0.227 e. The molecule has 3 aromatic rings. The number of benzene rings is 2. The summed E-state index contributed by atoms with van der Waals surface area (Å²) in [5.74, 6) is 1.06. The fraction of sp³-hybridized carbons (Fsp3) is 0.227. The molecule has 146 valence electrons. The number of nitrogens with zero attached hydrogens (tertiary/aromatic N) is 3. The number of hydrogen-bond acceptors (Lipinski definition) is 7. The highest BCUT2D eigenvalue weighted by Gasteiger charge is 2.17. The molecular weight excluding hydrogens is 366 g/mol. The number of nitrogens with two attached hydrogens (primary N) is 1. The number of nitrogen functional groups attached to an aromatic ring is 1. The van der Waals surface area contributed by atoms with Crippen LogP contribution in [0.2, 0.25) is 0 Å². The summed E-state index contributed by atoms with van der Waals surface area (Å²) < 4.78 is 11.4. The third kappa shape index (κ3) is 4.62. The molecule has 0 spiro atoms. The molecule has 0 aliphatic carbocycles. The predicted molar refractivity (Wildman–Crippen MR) is 111 cm³/mol. The Balaban J connectivity index is 1.54. The van der Waals surface area contributed by atoms with Gasteiger partial charge >= 0.3 is 0 Å². The van der Waals surface area contributed by atoms with Crippen molar-refractivity contribution in [2.45, 2.75) is 18.9 Å². The molecule has 2 aromatic carbocycles. The molecule has 3 N–H and O–H groups in total. The largest absolute Gasteiger partial charge is 0.489 e. The van der Waals surface area contributed by atoms with Crippen LogP contribution in [-0.4, -0.2) is 29.3 Å². The van der Waals surface area contributed by atoms with E-state index in [9.17, 15) is 5.26 Å². The zero-order chi connectivity index (χ0) is 20.1. The number of anilines is 3. The van der Waals surface area contributed by atoms with Gasteiger partial charge < -0.3 is 20.5 Å². The van der Waals surface area contributed by atoms with Crippen LogP contribution in [0.3, 0.4) is 0 Å². The van der Waals surface area contributed by atoms with Crippen molar-refractivity contribution in [1.29, 1.82) is 5.26 Å². The Morgan fingerprint density at radius 2 is 1.90 bits per heavy atom. The Labute approximate surface area is 169 Å². The van der Waals surface area contributed by atoms with E-state index in [-0.39, 0.29) is 6.10 Å². The molecule has 29 heavy (non-hydrogen) atoms. The maximum Gasteiger partial charge on any atom is 0.227 e. The van der Waals surface area contributed by atoms with E-state index in [1.165, 1.54) is 0 Å². The van der Waals surface area contributed by atoms with Gasteiger partial charge in [0.05, 0.1) is 24.5 Å². The van der Waals surface area contributed by atoms with E-state index in [1.54, 1.807) is 12.3 Å². The van der Waals surface area contributed by atoms with E-state index < -0.39 is 0 Å². The van der Waals surface area contributed by atoms with Crippen molar-refractivity contribution in [3.63, 3.8) is 0 Å². The van der Waals surface area contributed by atoms with Crippen LogP contribution in [0, 0.1) is 11.3 Å². The summed E-state index contributed by atoms with van der Waals surface area (Å²) in [5.41, 5.74) is 9.28. The van der Waals surface area contributed by atoms with Crippen molar-refractivity contribution in [2.24, 2.45) is 0 Å². The van der Waals surface area contributed by atoms with E-state index in [4.69, 9.17) is 15.2 Å². The standard InChI is InChI=1S/C22H21N5O2/c23-14-16-13-15(1-6-21(16)29-19-8-11-28-12-9-19)20-7-10-25-22(27-20)26-18-4-2-17(24)3-5-18/h1-7,10,13,19H,8-9,11-12,24H2,(H,25,26,27).